The number of alkyl halides is 3. The van der Waals surface area contributed by atoms with Crippen LogP contribution in [0.2, 0.25) is 0 Å². The molecule has 0 bridgehead atoms. The average Bonchev–Trinajstić information content (AvgIpc) is 3.12. The highest BCUT2D eigenvalue weighted by atomic mass is 79.9. The first-order valence-corrected chi connectivity index (χ1v) is 12.3. The van der Waals surface area contributed by atoms with E-state index in [-0.39, 0.29) is 27.4 Å². The Kier molecular flexibility index (Phi) is 7.74. The Labute approximate surface area is 229 Å². The van der Waals surface area contributed by atoms with Crippen molar-refractivity contribution in [1.29, 1.82) is 0 Å². The lowest BCUT2D eigenvalue weighted by Gasteiger charge is -2.12. The number of ether oxygens (including phenoxy) is 1. The molecule has 0 spiro atoms. The molecule has 1 aliphatic rings. The van der Waals surface area contributed by atoms with E-state index in [1.807, 2.05) is 0 Å². The first-order valence-electron chi connectivity index (χ1n) is 10.6. The molecule has 0 N–H and O–H groups in total. The maximum atomic E-state index is 12.9. The zero-order chi connectivity index (χ0) is 28.5. The predicted octanol–water partition coefficient (Wildman–Crippen LogP) is 7.31. The topological polar surface area (TPSA) is 133 Å². The number of nitro groups is 2. The van der Waals surface area contributed by atoms with E-state index in [4.69, 9.17) is 4.74 Å². The van der Waals surface area contributed by atoms with Gasteiger partial charge in [0.15, 0.2) is 0 Å². The summed E-state index contributed by atoms with van der Waals surface area (Å²) >= 11 is 3.94. The van der Waals surface area contributed by atoms with Gasteiger partial charge in [-0.05, 0) is 69.2 Å². The number of nitrogens with zero attached hydrogens (tertiary/aromatic N) is 3. The summed E-state index contributed by atoms with van der Waals surface area (Å²) in [5.74, 6) is -0.921. The highest BCUT2D eigenvalue weighted by molar-refractivity contribution is 9.10. The van der Waals surface area contributed by atoms with Gasteiger partial charge in [-0.2, -0.15) is 13.2 Å². The molecule has 1 heterocycles. The summed E-state index contributed by atoms with van der Waals surface area (Å²) in [5.41, 5.74) is -1.22. The predicted molar refractivity (Wildman–Crippen MR) is 137 cm³/mol. The number of benzene rings is 3. The van der Waals surface area contributed by atoms with E-state index >= 15 is 0 Å². The molecule has 4 rings (SSSR count). The number of halogens is 4. The van der Waals surface area contributed by atoms with Gasteiger partial charge in [0.2, 0.25) is 5.75 Å². The van der Waals surface area contributed by atoms with Gasteiger partial charge in [-0.15, -0.1) is 0 Å². The molecule has 0 aliphatic carbocycles. The molecule has 10 nitrogen and oxygen atoms in total. The van der Waals surface area contributed by atoms with Crippen LogP contribution >= 0.6 is 27.7 Å². The number of nitro benzene ring substituents is 2. The molecule has 15 heteroatoms. The summed E-state index contributed by atoms with van der Waals surface area (Å²) in [6, 6.07) is 11.7. The molecular weight excluding hydrogens is 611 g/mol. The normalized spacial score (nSPS) is 14.7. The molecule has 1 aliphatic heterocycles. The molecule has 0 radical (unpaired) electrons. The molecular formula is C24H13BrF3N3O7S. The minimum atomic E-state index is -4.77. The van der Waals surface area contributed by atoms with Crippen LogP contribution in [0.3, 0.4) is 0 Å². The number of hydrogen-bond acceptors (Lipinski definition) is 8. The van der Waals surface area contributed by atoms with Crippen molar-refractivity contribution in [2.75, 3.05) is 0 Å². The SMILES string of the molecule is O=C1S/C(=C/c2ccc(Oc3ccc(C(F)(F)F)cc3[N+](=O)[O-])c(Br)c2)C(=O)N1Cc1ccc([N+](=O)[O-])cc1. The largest absolute Gasteiger partial charge is 0.449 e. The van der Waals surface area contributed by atoms with E-state index in [0.29, 0.717) is 35.0 Å². The highest BCUT2D eigenvalue weighted by Gasteiger charge is 2.35. The van der Waals surface area contributed by atoms with Crippen molar-refractivity contribution in [3.63, 3.8) is 0 Å². The second-order valence-electron chi connectivity index (χ2n) is 7.92. The summed E-state index contributed by atoms with van der Waals surface area (Å²) in [5, 5.41) is 21.6. The summed E-state index contributed by atoms with van der Waals surface area (Å²) < 4.78 is 44.6. The van der Waals surface area contributed by atoms with Crippen LogP contribution in [0.5, 0.6) is 11.5 Å². The summed E-state index contributed by atoms with van der Waals surface area (Å²) in [6.45, 7) is -0.0810. The van der Waals surface area contributed by atoms with Gasteiger partial charge in [-0.3, -0.25) is 34.7 Å². The molecule has 1 saturated heterocycles. The van der Waals surface area contributed by atoms with Crippen LogP contribution in [0, 0.1) is 20.2 Å². The molecule has 0 aromatic heterocycles. The van der Waals surface area contributed by atoms with Gasteiger partial charge in [0.05, 0.1) is 31.3 Å². The van der Waals surface area contributed by atoms with Gasteiger partial charge >= 0.3 is 11.9 Å². The third-order valence-corrected chi connectivity index (χ3v) is 6.85. The van der Waals surface area contributed by atoms with Crippen LogP contribution in [0.15, 0.2) is 70.0 Å². The fourth-order valence-corrected chi connectivity index (χ4v) is 4.74. The zero-order valence-electron chi connectivity index (χ0n) is 19.2. The van der Waals surface area contributed by atoms with Crippen LogP contribution < -0.4 is 4.74 Å². The second-order valence-corrected chi connectivity index (χ2v) is 9.77. The Balaban J connectivity index is 1.52. The average molecular weight is 624 g/mol. The fourth-order valence-electron chi connectivity index (χ4n) is 3.42. The Morgan fingerprint density at radius 1 is 0.949 bits per heavy atom. The van der Waals surface area contributed by atoms with Gasteiger partial charge in [-0.1, -0.05) is 18.2 Å². The van der Waals surface area contributed by atoms with Gasteiger partial charge in [-0.25, -0.2) is 0 Å². The molecule has 1 fully saturated rings. The first-order chi connectivity index (χ1) is 18.3. The van der Waals surface area contributed by atoms with E-state index in [2.05, 4.69) is 15.9 Å². The summed E-state index contributed by atoms with van der Waals surface area (Å²) in [6.07, 6.45) is -3.33. The van der Waals surface area contributed by atoms with Crippen LogP contribution in [0.1, 0.15) is 16.7 Å². The third kappa shape index (κ3) is 6.26. The van der Waals surface area contributed by atoms with Crippen molar-refractivity contribution in [2.24, 2.45) is 0 Å². The number of carbonyl (C=O) groups is 2. The summed E-state index contributed by atoms with van der Waals surface area (Å²) in [4.78, 5) is 46.9. The van der Waals surface area contributed by atoms with Gasteiger partial charge in [0.25, 0.3) is 16.8 Å². The number of amides is 2. The smallest absolute Gasteiger partial charge is 0.416 e. The minimum Gasteiger partial charge on any atom is -0.449 e. The lowest BCUT2D eigenvalue weighted by Crippen LogP contribution is -2.27. The van der Waals surface area contributed by atoms with E-state index in [1.54, 1.807) is 0 Å². The van der Waals surface area contributed by atoms with E-state index in [9.17, 15) is 43.0 Å². The van der Waals surface area contributed by atoms with E-state index in [0.717, 1.165) is 11.0 Å². The van der Waals surface area contributed by atoms with Gasteiger partial charge < -0.3 is 4.74 Å². The maximum absolute atomic E-state index is 12.9. The number of thioether (sulfide) groups is 1. The number of rotatable bonds is 7. The van der Waals surface area contributed by atoms with Crippen LogP contribution in [0.25, 0.3) is 6.08 Å². The Hall–Kier alpha value is -4.24. The van der Waals surface area contributed by atoms with Crippen LogP contribution in [-0.2, 0) is 17.5 Å². The number of hydrogen-bond donors (Lipinski definition) is 0. The van der Waals surface area contributed by atoms with Crippen molar-refractivity contribution in [3.05, 3.63) is 107 Å². The van der Waals surface area contributed by atoms with Crippen molar-refractivity contribution >= 4 is 56.3 Å². The van der Waals surface area contributed by atoms with Crippen LogP contribution in [-0.4, -0.2) is 25.9 Å². The first kappa shape index (κ1) is 27.8. The molecule has 2 amide bonds. The molecule has 0 saturated carbocycles. The fraction of sp³-hybridized carbons (Fsp3) is 0.0833. The Morgan fingerprint density at radius 2 is 1.62 bits per heavy atom. The van der Waals surface area contributed by atoms with E-state index in [1.165, 1.54) is 48.5 Å². The van der Waals surface area contributed by atoms with Crippen LogP contribution in [0.4, 0.5) is 29.3 Å². The molecule has 3 aromatic rings. The quantitative estimate of drug-likeness (QED) is 0.152. The maximum Gasteiger partial charge on any atom is 0.416 e. The molecule has 3 aromatic carbocycles. The van der Waals surface area contributed by atoms with Crippen molar-refractivity contribution in [1.82, 2.24) is 4.90 Å². The monoisotopic (exact) mass is 623 g/mol. The van der Waals surface area contributed by atoms with E-state index < -0.39 is 44.2 Å². The second kappa shape index (κ2) is 10.9. The number of carbonyl (C=O) groups excluding carboxylic acids is 2. The molecule has 39 heavy (non-hydrogen) atoms. The highest BCUT2D eigenvalue weighted by Crippen LogP contribution is 2.40. The lowest BCUT2D eigenvalue weighted by molar-refractivity contribution is -0.385. The van der Waals surface area contributed by atoms with Gasteiger partial charge in [0.1, 0.15) is 5.75 Å². The van der Waals surface area contributed by atoms with Crippen molar-refractivity contribution in [3.8, 4) is 11.5 Å². The minimum absolute atomic E-state index is 0.0567. The number of non-ortho nitro benzene ring substituents is 1. The zero-order valence-corrected chi connectivity index (χ0v) is 21.6. The molecule has 0 unspecified atom stereocenters. The van der Waals surface area contributed by atoms with Crippen molar-refractivity contribution < 1.29 is 37.3 Å². The third-order valence-electron chi connectivity index (χ3n) is 5.32. The van der Waals surface area contributed by atoms with Crippen molar-refractivity contribution in [2.45, 2.75) is 12.7 Å². The Bertz CT molecular complexity index is 1540. The molecule has 0 atom stereocenters. The Morgan fingerprint density at radius 3 is 2.21 bits per heavy atom. The standard InChI is InChI=1S/C24H13BrF3N3O7S/c25-17-9-14(3-7-19(17)38-20-8-4-15(24(26,27)28)11-18(20)31(36)37)10-21-22(32)29(23(33)39-21)12-13-1-5-16(6-2-13)30(34)35/h1-11H,12H2/b21-10+. The lowest BCUT2D eigenvalue weighted by atomic mass is 10.1. The number of imide groups is 1. The molecule has 200 valence electrons. The van der Waals surface area contributed by atoms with Gasteiger partial charge in [0, 0.05) is 18.2 Å². The summed E-state index contributed by atoms with van der Waals surface area (Å²) in [7, 11) is 0.